The van der Waals surface area contributed by atoms with Crippen LogP contribution in [-0.2, 0) is 0 Å². The molecule has 1 aromatic rings. The van der Waals surface area contributed by atoms with Gasteiger partial charge in [-0.15, -0.1) is 0 Å². The molecule has 0 aliphatic rings. The fourth-order valence-electron chi connectivity index (χ4n) is 2.88. The molecule has 0 saturated carbocycles. The third-order valence-corrected chi connectivity index (χ3v) is 3.94. The molecule has 21 heavy (non-hydrogen) atoms. The molecule has 1 nitrogen and oxygen atoms in total. The van der Waals surface area contributed by atoms with Crippen LogP contribution in [0.1, 0.15) is 70.6 Å². The fraction of sp³-hybridized carbons (Fsp3) is 0.500. The summed E-state index contributed by atoms with van der Waals surface area (Å²) < 4.78 is 0. The molecule has 1 N–H and O–H groups in total. The van der Waals surface area contributed by atoms with Gasteiger partial charge in [-0.25, -0.2) is 0 Å². The van der Waals surface area contributed by atoms with E-state index in [1.807, 2.05) is 12.1 Å². The smallest absolute Gasteiger partial charge is 0.123 e. The number of rotatable bonds is 4. The van der Waals surface area contributed by atoms with E-state index in [-0.39, 0.29) is 16.6 Å². The maximum atomic E-state index is 10.0. The van der Waals surface area contributed by atoms with Gasteiger partial charge < -0.3 is 5.11 Å². The maximum absolute atomic E-state index is 10.0. The molecule has 1 heteroatoms. The Morgan fingerprint density at radius 3 is 1.90 bits per heavy atom. The van der Waals surface area contributed by atoms with E-state index in [1.165, 1.54) is 5.56 Å². The zero-order valence-electron chi connectivity index (χ0n) is 14.5. The lowest BCUT2D eigenvalue weighted by Crippen LogP contribution is -2.24. The van der Waals surface area contributed by atoms with Crippen LogP contribution in [0.3, 0.4) is 0 Å². The van der Waals surface area contributed by atoms with E-state index >= 15 is 0 Å². The van der Waals surface area contributed by atoms with Crippen molar-refractivity contribution in [1.29, 1.82) is 0 Å². The molecule has 0 spiro atoms. The van der Waals surface area contributed by atoms with E-state index in [9.17, 15) is 5.11 Å². The van der Waals surface area contributed by atoms with Gasteiger partial charge in [0, 0.05) is 5.56 Å². The van der Waals surface area contributed by atoms with Crippen molar-refractivity contribution in [2.75, 3.05) is 0 Å². The topological polar surface area (TPSA) is 20.2 Å². The van der Waals surface area contributed by atoms with E-state index in [1.54, 1.807) is 12.1 Å². The van der Waals surface area contributed by atoms with Gasteiger partial charge in [0.2, 0.25) is 0 Å². The average molecular weight is 286 g/mol. The van der Waals surface area contributed by atoms with E-state index in [4.69, 9.17) is 0 Å². The molecular weight excluding hydrogens is 256 g/mol. The van der Waals surface area contributed by atoms with Crippen LogP contribution in [0.25, 0.3) is 12.2 Å². The van der Waals surface area contributed by atoms with Crippen LogP contribution in [0.2, 0.25) is 0 Å². The number of phenolic OH excluding ortho intramolecular Hbond substituents is 1. The summed E-state index contributed by atoms with van der Waals surface area (Å²) in [7, 11) is 0. The quantitative estimate of drug-likeness (QED) is 0.694. The molecule has 0 saturated heterocycles. The molecule has 0 aliphatic heterocycles. The molecule has 1 atom stereocenters. The predicted octanol–water partition coefficient (Wildman–Crippen LogP) is 6.24. The van der Waals surface area contributed by atoms with Gasteiger partial charge in [0.1, 0.15) is 5.75 Å². The number of benzene rings is 1. The molecule has 0 heterocycles. The molecule has 0 fully saturated rings. The molecule has 116 valence electrons. The third kappa shape index (κ3) is 4.23. The number of hydrogen-bond donors (Lipinski definition) is 1. The van der Waals surface area contributed by atoms with Crippen LogP contribution >= 0.6 is 0 Å². The molecule has 1 aromatic carbocycles. The summed E-state index contributed by atoms with van der Waals surface area (Å²) in [6.07, 6.45) is 4.64. The second kappa shape index (κ2) is 6.09. The van der Waals surface area contributed by atoms with Crippen LogP contribution in [-0.4, -0.2) is 5.11 Å². The fourth-order valence-corrected chi connectivity index (χ4v) is 2.88. The van der Waals surface area contributed by atoms with Crippen molar-refractivity contribution in [3.63, 3.8) is 0 Å². The lowest BCUT2D eigenvalue weighted by atomic mass is 9.68. The first-order valence-corrected chi connectivity index (χ1v) is 7.62. The van der Waals surface area contributed by atoms with Gasteiger partial charge in [0.25, 0.3) is 0 Å². The van der Waals surface area contributed by atoms with Crippen molar-refractivity contribution >= 4 is 12.2 Å². The number of hydrogen-bond acceptors (Lipinski definition) is 1. The van der Waals surface area contributed by atoms with Crippen molar-refractivity contribution in [2.45, 2.75) is 53.9 Å². The van der Waals surface area contributed by atoms with Crippen LogP contribution in [0.15, 0.2) is 25.3 Å². The number of phenols is 1. The van der Waals surface area contributed by atoms with E-state index in [2.05, 4.69) is 54.7 Å². The Morgan fingerprint density at radius 2 is 1.52 bits per heavy atom. The minimum absolute atomic E-state index is 0.139. The highest BCUT2D eigenvalue weighted by Crippen LogP contribution is 2.45. The summed E-state index contributed by atoms with van der Waals surface area (Å²) in [5, 5.41) is 10.0. The molecule has 0 amide bonds. The van der Waals surface area contributed by atoms with Crippen molar-refractivity contribution in [3.05, 3.63) is 42.0 Å². The van der Waals surface area contributed by atoms with Crippen LogP contribution in [0.5, 0.6) is 5.75 Å². The minimum Gasteiger partial charge on any atom is -0.507 e. The Bertz CT molecular complexity index is 524. The largest absolute Gasteiger partial charge is 0.507 e. The van der Waals surface area contributed by atoms with Crippen molar-refractivity contribution in [2.24, 2.45) is 10.8 Å². The summed E-state index contributed by atoms with van der Waals surface area (Å²) in [6.45, 7) is 21.4. The van der Waals surface area contributed by atoms with E-state index in [0.717, 1.165) is 17.5 Å². The standard InChI is InChI=1S/C20H30O/c1-9-14-15(10-2)18(21)12-11-16(14)17(20(6,7)8)13-19(3,4)5/h9-12,17,21H,1-2,13H2,3-8H3. The normalized spacial score (nSPS) is 13.8. The average Bonchev–Trinajstić information content (AvgIpc) is 2.33. The Kier molecular flexibility index (Phi) is 5.09. The van der Waals surface area contributed by atoms with Crippen molar-refractivity contribution < 1.29 is 5.11 Å². The highest BCUT2D eigenvalue weighted by Gasteiger charge is 2.32. The van der Waals surface area contributed by atoms with Crippen molar-refractivity contribution in [3.8, 4) is 5.75 Å². The first-order chi connectivity index (χ1) is 9.51. The third-order valence-electron chi connectivity index (χ3n) is 3.94. The molecule has 0 aromatic heterocycles. The van der Waals surface area contributed by atoms with Crippen LogP contribution in [0, 0.1) is 10.8 Å². The van der Waals surface area contributed by atoms with Gasteiger partial charge in [-0.05, 0) is 40.4 Å². The Balaban J connectivity index is 3.52. The molecule has 0 aliphatic carbocycles. The summed E-state index contributed by atoms with van der Waals surface area (Å²) in [4.78, 5) is 0. The van der Waals surface area contributed by atoms with Gasteiger partial charge >= 0.3 is 0 Å². The zero-order valence-corrected chi connectivity index (χ0v) is 14.5. The summed E-state index contributed by atoms with van der Waals surface area (Å²) in [5.41, 5.74) is 3.42. The second-order valence-electron chi connectivity index (χ2n) is 8.09. The zero-order chi connectivity index (χ0) is 16.4. The summed E-state index contributed by atoms with van der Waals surface area (Å²) in [6, 6.07) is 3.82. The lowest BCUT2D eigenvalue weighted by molar-refractivity contribution is 0.229. The van der Waals surface area contributed by atoms with E-state index < -0.39 is 0 Å². The van der Waals surface area contributed by atoms with Crippen molar-refractivity contribution in [1.82, 2.24) is 0 Å². The van der Waals surface area contributed by atoms with Gasteiger partial charge in [-0.3, -0.25) is 0 Å². The minimum atomic E-state index is 0.139. The number of aromatic hydroxyl groups is 1. The molecule has 0 radical (unpaired) electrons. The van der Waals surface area contributed by atoms with Gasteiger partial charge in [-0.2, -0.15) is 0 Å². The SMILES string of the molecule is C=Cc1c(O)ccc(C(CC(C)(C)C)C(C)(C)C)c1C=C. The molecule has 1 unspecified atom stereocenters. The summed E-state index contributed by atoms with van der Waals surface area (Å²) in [5.74, 6) is 0.664. The first-order valence-electron chi connectivity index (χ1n) is 7.62. The Labute approximate surface area is 130 Å². The highest BCUT2D eigenvalue weighted by atomic mass is 16.3. The molecular formula is C20H30O. The van der Waals surface area contributed by atoms with Crippen LogP contribution < -0.4 is 0 Å². The molecule has 0 bridgehead atoms. The van der Waals surface area contributed by atoms with Gasteiger partial charge in [0.05, 0.1) is 0 Å². The van der Waals surface area contributed by atoms with Gasteiger partial charge in [0.15, 0.2) is 0 Å². The Hall–Kier alpha value is -1.50. The van der Waals surface area contributed by atoms with Crippen LogP contribution in [0.4, 0.5) is 0 Å². The Morgan fingerprint density at radius 1 is 1.00 bits per heavy atom. The molecule has 1 rings (SSSR count). The first kappa shape index (κ1) is 17.6. The maximum Gasteiger partial charge on any atom is 0.123 e. The van der Waals surface area contributed by atoms with Gasteiger partial charge in [-0.1, -0.05) is 72.9 Å². The summed E-state index contributed by atoms with van der Waals surface area (Å²) >= 11 is 0. The van der Waals surface area contributed by atoms with E-state index in [0.29, 0.717) is 5.92 Å². The monoisotopic (exact) mass is 286 g/mol. The predicted molar refractivity (Wildman–Crippen MR) is 94.6 cm³/mol. The lowest BCUT2D eigenvalue weighted by Gasteiger charge is -2.37. The second-order valence-corrected chi connectivity index (χ2v) is 8.09. The highest BCUT2D eigenvalue weighted by molar-refractivity contribution is 5.71.